The number of amides is 2. The molecule has 7 heteroatoms. The zero-order chi connectivity index (χ0) is 20.1. The third kappa shape index (κ3) is 4.36. The maximum Gasteiger partial charge on any atom is 0.255 e. The van der Waals surface area contributed by atoms with Crippen LogP contribution in [-0.2, 0) is 0 Å². The van der Waals surface area contributed by atoms with Gasteiger partial charge in [0.2, 0.25) is 0 Å². The van der Waals surface area contributed by atoms with Gasteiger partial charge in [-0.25, -0.2) is 9.67 Å². The number of carbonyl (C=O) groups is 2. The summed E-state index contributed by atoms with van der Waals surface area (Å²) in [7, 11) is 0. The molecule has 1 aromatic heterocycles. The molecule has 0 saturated carbocycles. The van der Waals surface area contributed by atoms with Gasteiger partial charge in [0.05, 0.1) is 5.69 Å². The zero-order valence-corrected chi connectivity index (χ0v) is 15.3. The number of benzene rings is 3. The number of nitrogens with one attached hydrogen (secondary N) is 2. The third-order valence-corrected chi connectivity index (χ3v) is 4.25. The van der Waals surface area contributed by atoms with E-state index in [0.717, 1.165) is 5.69 Å². The molecule has 0 unspecified atom stereocenters. The molecule has 4 aromatic rings. The van der Waals surface area contributed by atoms with Crippen molar-refractivity contribution in [1.82, 2.24) is 14.8 Å². The SMILES string of the molecule is O=C(Nc1ccc(C(=O)Nc2ccc(-n3cncn3)cc2)cc1)c1ccccc1. The maximum absolute atomic E-state index is 12.5. The fraction of sp³-hybridized carbons (Fsp3) is 0. The number of anilines is 2. The molecule has 7 nitrogen and oxygen atoms in total. The molecule has 0 fully saturated rings. The van der Waals surface area contributed by atoms with Crippen molar-refractivity contribution >= 4 is 23.2 Å². The van der Waals surface area contributed by atoms with Crippen LogP contribution >= 0.6 is 0 Å². The number of carbonyl (C=O) groups excluding carboxylic acids is 2. The summed E-state index contributed by atoms with van der Waals surface area (Å²) in [5.74, 6) is -0.435. The lowest BCUT2D eigenvalue weighted by Gasteiger charge is -2.08. The van der Waals surface area contributed by atoms with Crippen molar-refractivity contribution in [1.29, 1.82) is 0 Å². The molecule has 2 N–H and O–H groups in total. The maximum atomic E-state index is 12.5. The van der Waals surface area contributed by atoms with Crippen LogP contribution in [-0.4, -0.2) is 26.6 Å². The summed E-state index contributed by atoms with van der Waals surface area (Å²) in [5.41, 5.74) is 3.19. The van der Waals surface area contributed by atoms with Crippen molar-refractivity contribution in [2.75, 3.05) is 10.6 Å². The molecule has 4 rings (SSSR count). The topological polar surface area (TPSA) is 88.9 Å². The van der Waals surface area contributed by atoms with Gasteiger partial charge in [-0.1, -0.05) is 18.2 Å². The minimum absolute atomic E-state index is 0.199. The minimum atomic E-state index is -0.237. The monoisotopic (exact) mass is 383 g/mol. The summed E-state index contributed by atoms with van der Waals surface area (Å²) in [6.45, 7) is 0. The molecule has 1 heterocycles. The van der Waals surface area contributed by atoms with Crippen molar-refractivity contribution < 1.29 is 9.59 Å². The number of hydrogen-bond acceptors (Lipinski definition) is 4. The molecular weight excluding hydrogens is 366 g/mol. The van der Waals surface area contributed by atoms with E-state index in [2.05, 4.69) is 20.7 Å². The van der Waals surface area contributed by atoms with Crippen LogP contribution in [0, 0.1) is 0 Å². The van der Waals surface area contributed by atoms with Crippen molar-refractivity contribution in [3.05, 3.63) is 103 Å². The normalized spacial score (nSPS) is 10.3. The second-order valence-corrected chi connectivity index (χ2v) is 6.24. The fourth-order valence-electron chi connectivity index (χ4n) is 2.74. The molecule has 0 spiro atoms. The second kappa shape index (κ2) is 8.18. The smallest absolute Gasteiger partial charge is 0.255 e. The summed E-state index contributed by atoms with van der Waals surface area (Å²) >= 11 is 0. The first-order valence-corrected chi connectivity index (χ1v) is 8.92. The van der Waals surface area contributed by atoms with E-state index >= 15 is 0 Å². The summed E-state index contributed by atoms with van der Waals surface area (Å²) in [5, 5.41) is 9.72. The molecule has 0 aliphatic carbocycles. The van der Waals surface area contributed by atoms with Crippen molar-refractivity contribution in [2.45, 2.75) is 0 Å². The van der Waals surface area contributed by atoms with Crippen LogP contribution in [0.1, 0.15) is 20.7 Å². The minimum Gasteiger partial charge on any atom is -0.322 e. The highest BCUT2D eigenvalue weighted by Gasteiger charge is 2.09. The Kier molecular flexibility index (Phi) is 5.11. The molecule has 2 amide bonds. The van der Waals surface area contributed by atoms with Gasteiger partial charge < -0.3 is 10.6 Å². The van der Waals surface area contributed by atoms with Crippen LogP contribution in [0.3, 0.4) is 0 Å². The average Bonchev–Trinajstić information content (AvgIpc) is 3.30. The van der Waals surface area contributed by atoms with E-state index in [0.29, 0.717) is 22.5 Å². The standard InChI is InChI=1S/C22H17N5O2/c28-21(16-4-2-1-3-5-16)25-18-8-6-17(7-9-18)22(29)26-19-10-12-20(13-11-19)27-15-23-14-24-27/h1-15H,(H,25,28)(H,26,29). The van der Waals surface area contributed by atoms with Gasteiger partial charge in [-0.3, -0.25) is 9.59 Å². The van der Waals surface area contributed by atoms with Gasteiger partial charge in [0.15, 0.2) is 0 Å². The molecular formula is C22H17N5O2. The van der Waals surface area contributed by atoms with Gasteiger partial charge in [0.25, 0.3) is 11.8 Å². The molecule has 29 heavy (non-hydrogen) atoms. The number of hydrogen-bond donors (Lipinski definition) is 2. The Morgan fingerprint density at radius 1 is 0.690 bits per heavy atom. The lowest BCUT2D eigenvalue weighted by Crippen LogP contribution is -2.13. The molecule has 0 aliphatic heterocycles. The van der Waals surface area contributed by atoms with Crippen molar-refractivity contribution in [3.63, 3.8) is 0 Å². The number of aromatic nitrogens is 3. The Morgan fingerprint density at radius 3 is 1.79 bits per heavy atom. The fourth-order valence-corrected chi connectivity index (χ4v) is 2.74. The first-order valence-electron chi connectivity index (χ1n) is 8.92. The van der Waals surface area contributed by atoms with Crippen molar-refractivity contribution in [2.24, 2.45) is 0 Å². The van der Waals surface area contributed by atoms with E-state index in [1.807, 2.05) is 18.2 Å². The van der Waals surface area contributed by atoms with Crippen LogP contribution in [0.5, 0.6) is 0 Å². The quantitative estimate of drug-likeness (QED) is 0.549. The highest BCUT2D eigenvalue weighted by Crippen LogP contribution is 2.15. The predicted octanol–water partition coefficient (Wildman–Crippen LogP) is 3.77. The van der Waals surface area contributed by atoms with E-state index in [1.54, 1.807) is 71.7 Å². The Hall–Kier alpha value is -4.26. The molecule has 0 bridgehead atoms. The highest BCUT2D eigenvalue weighted by molar-refractivity contribution is 6.06. The Balaban J connectivity index is 1.38. The van der Waals surface area contributed by atoms with E-state index in [1.165, 1.54) is 6.33 Å². The average molecular weight is 383 g/mol. The molecule has 0 saturated heterocycles. The van der Waals surface area contributed by atoms with E-state index in [4.69, 9.17) is 0 Å². The van der Waals surface area contributed by atoms with Crippen LogP contribution in [0.2, 0.25) is 0 Å². The van der Waals surface area contributed by atoms with Gasteiger partial charge in [0.1, 0.15) is 12.7 Å². The first-order chi connectivity index (χ1) is 14.2. The Labute approximate surface area is 167 Å². The van der Waals surface area contributed by atoms with Crippen LogP contribution in [0.4, 0.5) is 11.4 Å². The molecule has 0 aliphatic rings. The van der Waals surface area contributed by atoms with Gasteiger partial charge in [0, 0.05) is 22.5 Å². The number of rotatable bonds is 5. The van der Waals surface area contributed by atoms with Crippen molar-refractivity contribution in [3.8, 4) is 5.69 Å². The molecule has 3 aromatic carbocycles. The Morgan fingerprint density at radius 2 is 1.24 bits per heavy atom. The first kappa shape index (κ1) is 18.1. The van der Waals surface area contributed by atoms with Gasteiger partial charge >= 0.3 is 0 Å². The molecule has 0 radical (unpaired) electrons. The van der Waals surface area contributed by atoms with Crippen LogP contribution in [0.25, 0.3) is 5.69 Å². The van der Waals surface area contributed by atoms with Gasteiger partial charge in [-0.2, -0.15) is 5.10 Å². The third-order valence-electron chi connectivity index (χ3n) is 4.25. The van der Waals surface area contributed by atoms with E-state index < -0.39 is 0 Å². The van der Waals surface area contributed by atoms with Gasteiger partial charge in [-0.15, -0.1) is 0 Å². The highest BCUT2D eigenvalue weighted by atomic mass is 16.2. The zero-order valence-electron chi connectivity index (χ0n) is 15.3. The lowest BCUT2D eigenvalue weighted by molar-refractivity contribution is 0.102. The van der Waals surface area contributed by atoms with Crippen LogP contribution in [0.15, 0.2) is 91.5 Å². The lowest BCUT2D eigenvalue weighted by atomic mass is 10.1. The molecule has 0 atom stereocenters. The largest absolute Gasteiger partial charge is 0.322 e. The summed E-state index contributed by atoms with van der Waals surface area (Å²) in [6, 6.07) is 22.9. The molecule has 142 valence electrons. The predicted molar refractivity (Wildman–Crippen MR) is 110 cm³/mol. The summed E-state index contributed by atoms with van der Waals surface area (Å²) in [6.07, 6.45) is 3.06. The second-order valence-electron chi connectivity index (χ2n) is 6.24. The van der Waals surface area contributed by atoms with Crippen LogP contribution < -0.4 is 10.6 Å². The van der Waals surface area contributed by atoms with E-state index in [-0.39, 0.29) is 11.8 Å². The van der Waals surface area contributed by atoms with E-state index in [9.17, 15) is 9.59 Å². The Bertz CT molecular complexity index is 1110. The van der Waals surface area contributed by atoms with Gasteiger partial charge in [-0.05, 0) is 60.7 Å². The summed E-state index contributed by atoms with van der Waals surface area (Å²) < 4.78 is 1.63. The number of nitrogens with zero attached hydrogens (tertiary/aromatic N) is 3. The summed E-state index contributed by atoms with van der Waals surface area (Å²) in [4.78, 5) is 28.5.